The molecule has 12 heavy (non-hydrogen) atoms. The van der Waals surface area contributed by atoms with E-state index in [1.165, 1.54) is 11.8 Å². The first-order valence-corrected chi connectivity index (χ1v) is 3.37. The fourth-order valence-electron chi connectivity index (χ4n) is 0.715. The first-order valence-electron chi connectivity index (χ1n) is 3.37. The number of hydrogen-bond acceptors (Lipinski definition) is 4. The molecule has 0 saturated heterocycles. The number of methoxy groups -OCH3 is 1. The molecule has 66 valence electrons. The van der Waals surface area contributed by atoms with Crippen LogP contribution < -0.4 is 5.32 Å². The summed E-state index contributed by atoms with van der Waals surface area (Å²) in [5.41, 5.74) is 0. The molecule has 0 fully saturated rings. The van der Waals surface area contributed by atoms with E-state index in [4.69, 9.17) is 0 Å². The maximum Gasteiger partial charge on any atom is 0.251 e. The number of ether oxygens (including phenoxy) is 1. The highest BCUT2D eigenvalue weighted by Gasteiger charge is 2.03. The smallest absolute Gasteiger partial charge is 0.251 e. The minimum Gasteiger partial charge on any atom is -0.375 e. The van der Waals surface area contributed by atoms with E-state index in [9.17, 15) is 4.79 Å². The van der Waals surface area contributed by atoms with Crippen LogP contribution in [-0.2, 0) is 16.6 Å². The Labute approximate surface area is 69.5 Å². The van der Waals surface area contributed by atoms with Crippen LogP contribution in [0.4, 0.5) is 5.82 Å². The Balaban J connectivity index is 2.46. The third-order valence-corrected chi connectivity index (χ3v) is 1.15. The molecule has 0 aliphatic heterocycles. The molecule has 0 bridgehead atoms. The summed E-state index contributed by atoms with van der Waals surface area (Å²) in [4.78, 5) is 10.9. The second kappa shape index (κ2) is 3.82. The lowest BCUT2D eigenvalue weighted by molar-refractivity contribution is -0.119. The van der Waals surface area contributed by atoms with Gasteiger partial charge in [0, 0.05) is 14.2 Å². The molecule has 0 atom stereocenters. The summed E-state index contributed by atoms with van der Waals surface area (Å²) < 4.78 is 6.12. The lowest BCUT2D eigenvalue weighted by atomic mass is 10.6. The summed E-state index contributed by atoms with van der Waals surface area (Å²) >= 11 is 0. The van der Waals surface area contributed by atoms with Gasteiger partial charge in [-0.2, -0.15) is 0 Å². The fourth-order valence-corrected chi connectivity index (χ4v) is 0.715. The zero-order valence-corrected chi connectivity index (χ0v) is 6.94. The monoisotopic (exact) mass is 170 g/mol. The molecule has 0 unspecified atom stereocenters. The van der Waals surface area contributed by atoms with Gasteiger partial charge in [-0.1, -0.05) is 5.21 Å². The van der Waals surface area contributed by atoms with Crippen LogP contribution >= 0.6 is 0 Å². The Morgan fingerprint density at radius 3 is 3.08 bits per heavy atom. The summed E-state index contributed by atoms with van der Waals surface area (Å²) in [5.74, 6) is 0.192. The minimum atomic E-state index is -0.238. The van der Waals surface area contributed by atoms with Gasteiger partial charge < -0.3 is 10.1 Å². The van der Waals surface area contributed by atoms with Crippen LogP contribution in [0.25, 0.3) is 0 Å². The van der Waals surface area contributed by atoms with Gasteiger partial charge in [-0.15, -0.1) is 5.10 Å². The van der Waals surface area contributed by atoms with Gasteiger partial charge in [-0.3, -0.25) is 9.48 Å². The molecule has 0 saturated carbocycles. The number of aryl methyl sites for hydroxylation is 1. The lowest BCUT2D eigenvalue weighted by Gasteiger charge is -1.97. The number of nitrogens with zero attached hydrogens (tertiary/aromatic N) is 3. The summed E-state index contributed by atoms with van der Waals surface area (Å²) in [6.07, 6.45) is 1.60. The molecule has 0 radical (unpaired) electrons. The average molecular weight is 170 g/mol. The molecule has 0 aliphatic carbocycles. The highest BCUT2D eigenvalue weighted by atomic mass is 16.5. The van der Waals surface area contributed by atoms with Crippen molar-refractivity contribution >= 4 is 11.7 Å². The highest BCUT2D eigenvalue weighted by molar-refractivity contribution is 5.90. The summed E-state index contributed by atoms with van der Waals surface area (Å²) in [6.45, 7) is 0.0244. The lowest BCUT2D eigenvalue weighted by Crippen LogP contribution is -2.17. The highest BCUT2D eigenvalue weighted by Crippen LogP contribution is 1.97. The van der Waals surface area contributed by atoms with Gasteiger partial charge in [0.2, 0.25) is 0 Å². The molecule has 6 heteroatoms. The summed E-state index contributed by atoms with van der Waals surface area (Å²) in [6, 6.07) is 0. The summed E-state index contributed by atoms with van der Waals surface area (Å²) in [7, 11) is 3.18. The molecular weight excluding hydrogens is 160 g/mol. The Morgan fingerprint density at radius 1 is 1.83 bits per heavy atom. The molecule has 1 amide bonds. The number of amides is 1. The largest absolute Gasteiger partial charge is 0.375 e. The van der Waals surface area contributed by atoms with Crippen molar-refractivity contribution < 1.29 is 9.53 Å². The molecule has 1 heterocycles. The van der Waals surface area contributed by atoms with Crippen LogP contribution in [0.15, 0.2) is 6.20 Å². The van der Waals surface area contributed by atoms with Crippen molar-refractivity contribution in [2.75, 3.05) is 19.0 Å². The predicted octanol–water partition coefficient (Wildman–Crippen LogP) is -0.600. The molecule has 1 N–H and O–H groups in total. The molecule has 1 rings (SSSR count). The number of aromatic nitrogens is 3. The standard InChI is InChI=1S/C6H10N4O2/c1-10-3-5(8-9-10)7-6(11)4-12-2/h3H,4H2,1-2H3,(H,7,11). The Kier molecular flexibility index (Phi) is 2.76. The SMILES string of the molecule is COCC(=O)Nc1cn(C)nn1. The van der Waals surface area contributed by atoms with Crippen LogP contribution in [0, 0.1) is 0 Å². The van der Waals surface area contributed by atoms with Gasteiger partial charge >= 0.3 is 0 Å². The van der Waals surface area contributed by atoms with E-state index >= 15 is 0 Å². The third kappa shape index (κ3) is 2.31. The molecule has 0 aromatic carbocycles. The Morgan fingerprint density at radius 2 is 2.58 bits per heavy atom. The zero-order valence-electron chi connectivity index (χ0n) is 6.94. The van der Waals surface area contributed by atoms with Crippen LogP contribution in [0.5, 0.6) is 0 Å². The van der Waals surface area contributed by atoms with E-state index in [1.807, 2.05) is 0 Å². The van der Waals surface area contributed by atoms with E-state index in [0.717, 1.165) is 0 Å². The quantitative estimate of drug-likeness (QED) is 0.657. The molecule has 0 spiro atoms. The maximum atomic E-state index is 10.9. The van der Waals surface area contributed by atoms with E-state index in [2.05, 4.69) is 20.4 Å². The van der Waals surface area contributed by atoms with E-state index in [1.54, 1.807) is 13.2 Å². The van der Waals surface area contributed by atoms with Gasteiger partial charge in [-0.25, -0.2) is 0 Å². The van der Waals surface area contributed by atoms with Gasteiger partial charge in [0.1, 0.15) is 6.61 Å². The molecule has 0 aliphatic rings. The third-order valence-electron chi connectivity index (χ3n) is 1.15. The second-order valence-electron chi connectivity index (χ2n) is 2.26. The topological polar surface area (TPSA) is 69.0 Å². The van der Waals surface area contributed by atoms with Crippen molar-refractivity contribution in [3.05, 3.63) is 6.20 Å². The molecule has 1 aromatic rings. The maximum absolute atomic E-state index is 10.9. The van der Waals surface area contributed by atoms with Crippen LogP contribution in [0.2, 0.25) is 0 Å². The van der Waals surface area contributed by atoms with Crippen molar-refractivity contribution in [1.29, 1.82) is 0 Å². The van der Waals surface area contributed by atoms with Gasteiger partial charge in [0.15, 0.2) is 5.82 Å². The van der Waals surface area contributed by atoms with E-state index < -0.39 is 0 Å². The van der Waals surface area contributed by atoms with Crippen LogP contribution in [-0.4, -0.2) is 34.6 Å². The number of hydrogen-bond donors (Lipinski definition) is 1. The van der Waals surface area contributed by atoms with Gasteiger partial charge in [0.25, 0.3) is 5.91 Å². The zero-order chi connectivity index (χ0) is 8.97. The van der Waals surface area contributed by atoms with Crippen molar-refractivity contribution in [2.24, 2.45) is 7.05 Å². The van der Waals surface area contributed by atoms with Gasteiger partial charge in [0.05, 0.1) is 6.20 Å². The second-order valence-corrected chi connectivity index (χ2v) is 2.26. The van der Waals surface area contributed by atoms with Gasteiger partial charge in [-0.05, 0) is 0 Å². The number of carbonyl (C=O) groups excluding carboxylic acids is 1. The number of rotatable bonds is 3. The normalized spacial score (nSPS) is 9.83. The molecular formula is C6H10N4O2. The first-order chi connectivity index (χ1) is 5.72. The number of anilines is 1. The molecule has 1 aromatic heterocycles. The first kappa shape index (κ1) is 8.66. The predicted molar refractivity (Wildman–Crippen MR) is 41.5 cm³/mol. The van der Waals surface area contributed by atoms with Crippen LogP contribution in [0.3, 0.4) is 0 Å². The Hall–Kier alpha value is -1.43. The Bertz CT molecular complexity index is 270. The van der Waals surface area contributed by atoms with Crippen molar-refractivity contribution in [2.45, 2.75) is 0 Å². The number of carbonyl (C=O) groups is 1. The molecule has 6 nitrogen and oxygen atoms in total. The number of nitrogens with one attached hydrogen (secondary N) is 1. The van der Waals surface area contributed by atoms with Crippen molar-refractivity contribution in [3.63, 3.8) is 0 Å². The summed E-state index contributed by atoms with van der Waals surface area (Å²) in [5, 5.41) is 9.81. The minimum absolute atomic E-state index is 0.0244. The van der Waals surface area contributed by atoms with Crippen molar-refractivity contribution in [3.8, 4) is 0 Å². The van der Waals surface area contributed by atoms with E-state index in [0.29, 0.717) is 5.82 Å². The fraction of sp³-hybridized carbons (Fsp3) is 0.500. The van der Waals surface area contributed by atoms with E-state index in [-0.39, 0.29) is 12.5 Å². The van der Waals surface area contributed by atoms with Crippen LogP contribution in [0.1, 0.15) is 0 Å². The average Bonchev–Trinajstić information content (AvgIpc) is 2.36. The van der Waals surface area contributed by atoms with Crippen molar-refractivity contribution in [1.82, 2.24) is 15.0 Å².